The average Bonchev–Trinajstić information content (AvgIpc) is 2.98. The Bertz CT molecular complexity index is 593. The summed E-state index contributed by atoms with van der Waals surface area (Å²) < 4.78 is 0. The van der Waals surface area contributed by atoms with Crippen LogP contribution >= 0.6 is 0 Å². The Morgan fingerprint density at radius 2 is 1.92 bits per heavy atom. The summed E-state index contributed by atoms with van der Waals surface area (Å²) >= 11 is 0. The normalized spacial score (nSPS) is 22.6. The smallest absolute Gasteiger partial charge is 0.317 e. The predicted octanol–water partition coefficient (Wildman–Crippen LogP) is -0.773. The summed E-state index contributed by atoms with van der Waals surface area (Å²) in [6.07, 6.45) is 1.61. The minimum absolute atomic E-state index is 0.0736. The molecule has 132 valence electrons. The molecule has 0 saturated carbocycles. The lowest BCUT2D eigenvalue weighted by Gasteiger charge is -2.25. The number of aliphatic carboxylic acids is 1. The number of aliphatic hydroxyl groups excluding tert-OH is 1. The molecule has 0 radical (unpaired) electrons. The molecule has 4 N–H and O–H groups in total. The average molecular weight is 336 g/mol. The maximum Gasteiger partial charge on any atom is 0.317 e. The van der Waals surface area contributed by atoms with Gasteiger partial charge in [-0.15, -0.1) is 0 Å². The van der Waals surface area contributed by atoms with Gasteiger partial charge in [-0.3, -0.25) is 9.69 Å². The van der Waals surface area contributed by atoms with Crippen LogP contribution in [0, 0.1) is 0 Å². The number of β-amino-alcohol motifs (C(OH)–C–C–N with tert-alkyl or cyclic N) is 1. The SMILES string of the molecule is Nc1cc(N2CCN(CC(=O)O)C[C@H](O)C2)nc(N2CCCC2)n1. The number of nitrogen functional groups attached to an aromatic ring is 1. The summed E-state index contributed by atoms with van der Waals surface area (Å²) in [6, 6.07) is 1.71. The highest BCUT2D eigenvalue weighted by atomic mass is 16.4. The molecule has 9 nitrogen and oxygen atoms in total. The fourth-order valence-electron chi connectivity index (χ4n) is 3.26. The summed E-state index contributed by atoms with van der Waals surface area (Å²) in [6.45, 7) is 3.65. The lowest BCUT2D eigenvalue weighted by Crippen LogP contribution is -2.36. The Kier molecular flexibility index (Phi) is 5.00. The molecule has 24 heavy (non-hydrogen) atoms. The summed E-state index contributed by atoms with van der Waals surface area (Å²) in [7, 11) is 0. The molecule has 9 heteroatoms. The Morgan fingerprint density at radius 1 is 1.17 bits per heavy atom. The van der Waals surface area contributed by atoms with Crippen molar-refractivity contribution in [2.75, 3.05) is 61.3 Å². The van der Waals surface area contributed by atoms with E-state index in [1.807, 2.05) is 4.90 Å². The van der Waals surface area contributed by atoms with E-state index in [1.54, 1.807) is 11.0 Å². The van der Waals surface area contributed by atoms with Gasteiger partial charge in [-0.05, 0) is 12.8 Å². The van der Waals surface area contributed by atoms with Crippen molar-refractivity contribution >= 4 is 23.6 Å². The van der Waals surface area contributed by atoms with Crippen LogP contribution in [0.5, 0.6) is 0 Å². The maximum absolute atomic E-state index is 10.9. The number of hydrogen-bond acceptors (Lipinski definition) is 8. The number of anilines is 3. The molecular weight excluding hydrogens is 312 g/mol. The minimum Gasteiger partial charge on any atom is -0.480 e. The van der Waals surface area contributed by atoms with E-state index >= 15 is 0 Å². The van der Waals surface area contributed by atoms with Crippen molar-refractivity contribution in [3.63, 3.8) is 0 Å². The Labute approximate surface area is 140 Å². The molecule has 3 rings (SSSR count). The van der Waals surface area contributed by atoms with Crippen LogP contribution in [0.25, 0.3) is 0 Å². The van der Waals surface area contributed by atoms with Gasteiger partial charge in [0, 0.05) is 45.3 Å². The molecule has 2 saturated heterocycles. The van der Waals surface area contributed by atoms with Crippen LogP contribution < -0.4 is 15.5 Å². The number of nitrogens with zero attached hydrogens (tertiary/aromatic N) is 5. The third-order valence-electron chi connectivity index (χ3n) is 4.38. The first kappa shape index (κ1) is 16.7. The first-order valence-electron chi connectivity index (χ1n) is 8.28. The van der Waals surface area contributed by atoms with Gasteiger partial charge in [0.05, 0.1) is 12.6 Å². The van der Waals surface area contributed by atoms with Crippen LogP contribution in [0.15, 0.2) is 6.07 Å². The highest BCUT2D eigenvalue weighted by molar-refractivity contribution is 5.69. The number of rotatable bonds is 4. The van der Waals surface area contributed by atoms with Gasteiger partial charge in [-0.2, -0.15) is 9.97 Å². The van der Waals surface area contributed by atoms with E-state index in [0.29, 0.717) is 43.8 Å². The first-order valence-corrected chi connectivity index (χ1v) is 8.28. The molecule has 0 unspecified atom stereocenters. The van der Waals surface area contributed by atoms with Crippen molar-refractivity contribution < 1.29 is 15.0 Å². The topological polar surface area (TPSA) is 119 Å². The summed E-state index contributed by atoms with van der Waals surface area (Å²) in [5, 5.41) is 19.1. The van der Waals surface area contributed by atoms with E-state index in [4.69, 9.17) is 10.8 Å². The largest absolute Gasteiger partial charge is 0.480 e. The van der Waals surface area contributed by atoms with E-state index < -0.39 is 12.1 Å². The first-order chi connectivity index (χ1) is 11.5. The molecule has 1 atom stereocenters. The number of carboxylic acid groups (broad SMARTS) is 1. The van der Waals surface area contributed by atoms with E-state index in [2.05, 4.69) is 14.9 Å². The molecule has 1 aromatic rings. The van der Waals surface area contributed by atoms with Crippen molar-refractivity contribution in [2.45, 2.75) is 18.9 Å². The molecule has 2 fully saturated rings. The van der Waals surface area contributed by atoms with Crippen LogP contribution in [-0.4, -0.2) is 83.0 Å². The third-order valence-corrected chi connectivity index (χ3v) is 4.38. The van der Waals surface area contributed by atoms with Crippen molar-refractivity contribution in [3.8, 4) is 0 Å². The number of carboxylic acids is 1. The van der Waals surface area contributed by atoms with Crippen molar-refractivity contribution in [2.24, 2.45) is 0 Å². The lowest BCUT2D eigenvalue weighted by molar-refractivity contribution is -0.138. The molecule has 0 aromatic carbocycles. The summed E-state index contributed by atoms with van der Waals surface area (Å²) in [5.74, 6) is 0.825. The van der Waals surface area contributed by atoms with E-state index in [0.717, 1.165) is 25.9 Å². The van der Waals surface area contributed by atoms with Crippen molar-refractivity contribution in [3.05, 3.63) is 6.07 Å². The van der Waals surface area contributed by atoms with Gasteiger partial charge < -0.3 is 25.7 Å². The standard InChI is InChI=1S/C15H24N6O3/c16-12-7-13(18-15(17-12)20-3-1-2-4-20)21-6-5-19(10-14(23)24)8-11(22)9-21/h7,11,22H,1-6,8-10H2,(H,23,24)(H2,16,17,18)/t11-/m0/s1. The second kappa shape index (κ2) is 7.18. The molecule has 3 heterocycles. The van der Waals surface area contributed by atoms with E-state index in [1.165, 1.54) is 0 Å². The Balaban J connectivity index is 1.76. The molecule has 0 spiro atoms. The zero-order valence-electron chi connectivity index (χ0n) is 13.6. The van der Waals surface area contributed by atoms with Crippen LogP contribution in [0.4, 0.5) is 17.6 Å². The summed E-state index contributed by atoms with van der Waals surface area (Å²) in [4.78, 5) is 25.6. The second-order valence-electron chi connectivity index (χ2n) is 6.37. The Morgan fingerprint density at radius 3 is 2.62 bits per heavy atom. The van der Waals surface area contributed by atoms with Gasteiger partial charge >= 0.3 is 5.97 Å². The predicted molar refractivity (Wildman–Crippen MR) is 90.2 cm³/mol. The maximum atomic E-state index is 10.9. The summed E-state index contributed by atoms with van der Waals surface area (Å²) in [5.41, 5.74) is 5.95. The number of hydrogen-bond donors (Lipinski definition) is 3. The molecule has 0 aliphatic carbocycles. The van der Waals surface area contributed by atoms with Crippen LogP contribution in [-0.2, 0) is 4.79 Å². The molecule has 2 aliphatic rings. The fraction of sp³-hybridized carbons (Fsp3) is 0.667. The zero-order valence-corrected chi connectivity index (χ0v) is 13.6. The molecule has 0 amide bonds. The quantitative estimate of drug-likeness (QED) is 0.651. The minimum atomic E-state index is -0.891. The van der Waals surface area contributed by atoms with E-state index in [-0.39, 0.29) is 6.54 Å². The highest BCUT2D eigenvalue weighted by Gasteiger charge is 2.25. The Hall–Kier alpha value is -2.13. The van der Waals surface area contributed by atoms with Crippen LogP contribution in [0.2, 0.25) is 0 Å². The molecule has 0 bridgehead atoms. The molecule has 1 aromatic heterocycles. The van der Waals surface area contributed by atoms with Crippen LogP contribution in [0.1, 0.15) is 12.8 Å². The lowest BCUT2D eigenvalue weighted by atomic mass is 10.3. The van der Waals surface area contributed by atoms with Crippen molar-refractivity contribution in [1.82, 2.24) is 14.9 Å². The van der Waals surface area contributed by atoms with Crippen molar-refractivity contribution in [1.29, 1.82) is 0 Å². The number of aromatic nitrogens is 2. The van der Waals surface area contributed by atoms with E-state index in [9.17, 15) is 9.90 Å². The third kappa shape index (κ3) is 4.04. The second-order valence-corrected chi connectivity index (χ2v) is 6.37. The zero-order chi connectivity index (χ0) is 17.1. The highest BCUT2D eigenvalue weighted by Crippen LogP contribution is 2.22. The van der Waals surface area contributed by atoms with Gasteiger partial charge in [0.15, 0.2) is 0 Å². The number of carbonyl (C=O) groups is 1. The number of aliphatic hydroxyl groups is 1. The number of nitrogens with two attached hydrogens (primary N) is 1. The van der Waals surface area contributed by atoms with Gasteiger partial charge in [0.1, 0.15) is 11.6 Å². The monoisotopic (exact) mass is 336 g/mol. The fourth-order valence-corrected chi connectivity index (χ4v) is 3.26. The molecular formula is C15H24N6O3. The van der Waals surface area contributed by atoms with Gasteiger partial charge in [0.2, 0.25) is 5.95 Å². The van der Waals surface area contributed by atoms with Crippen LogP contribution in [0.3, 0.4) is 0 Å². The van der Waals surface area contributed by atoms with Gasteiger partial charge in [-0.1, -0.05) is 0 Å². The molecule has 2 aliphatic heterocycles. The van der Waals surface area contributed by atoms with Gasteiger partial charge in [0.25, 0.3) is 0 Å². The van der Waals surface area contributed by atoms with Gasteiger partial charge in [-0.25, -0.2) is 0 Å².